The molecule has 0 saturated carbocycles. The number of rotatable bonds is 1. The fourth-order valence-electron chi connectivity index (χ4n) is 1.51. The molecule has 1 aromatic carbocycles. The van der Waals surface area contributed by atoms with E-state index in [1.54, 1.807) is 12.3 Å². The quantitative estimate of drug-likeness (QED) is 0.782. The van der Waals surface area contributed by atoms with Crippen LogP contribution in [0.25, 0.3) is 10.8 Å². The fraction of sp³-hybridized carbons (Fsp3) is 0.0909. The Labute approximate surface area is 102 Å². The molecule has 0 unspecified atom stereocenters. The molecule has 3 nitrogen and oxygen atoms in total. The number of pyridine rings is 1. The van der Waals surface area contributed by atoms with E-state index < -0.39 is 0 Å². The molecule has 0 aliphatic rings. The topological polar surface area (TPSA) is 45.9 Å². The lowest BCUT2D eigenvalue weighted by molar-refractivity contribution is 0.420. The van der Waals surface area contributed by atoms with E-state index in [2.05, 4.69) is 4.98 Å². The average Bonchev–Trinajstić information content (AvgIpc) is 2.32. The second kappa shape index (κ2) is 4.17. The lowest BCUT2D eigenvalue weighted by Gasteiger charge is -2.09. The minimum Gasteiger partial charge on any atom is -0.496 e. The maximum atomic E-state index is 8.98. The van der Waals surface area contributed by atoms with E-state index in [1.807, 2.05) is 6.07 Å². The summed E-state index contributed by atoms with van der Waals surface area (Å²) >= 11 is 12.0. The van der Waals surface area contributed by atoms with Gasteiger partial charge in [0.05, 0.1) is 22.7 Å². The van der Waals surface area contributed by atoms with Crippen LogP contribution in [0.1, 0.15) is 5.56 Å². The molecule has 0 aliphatic heterocycles. The van der Waals surface area contributed by atoms with Gasteiger partial charge in [0.15, 0.2) is 0 Å². The number of ether oxygens (including phenoxy) is 1. The third-order valence-electron chi connectivity index (χ3n) is 2.24. The largest absolute Gasteiger partial charge is 0.496 e. The van der Waals surface area contributed by atoms with Crippen molar-refractivity contribution in [3.8, 4) is 11.8 Å². The Hall–Kier alpha value is -1.50. The lowest BCUT2D eigenvalue weighted by atomic mass is 10.1. The van der Waals surface area contributed by atoms with E-state index in [1.165, 1.54) is 13.3 Å². The molecular weight excluding hydrogens is 247 g/mol. The van der Waals surface area contributed by atoms with E-state index in [4.69, 9.17) is 33.2 Å². The third-order valence-corrected chi connectivity index (χ3v) is 3.03. The van der Waals surface area contributed by atoms with Crippen LogP contribution >= 0.6 is 23.2 Å². The number of nitriles is 1. The summed E-state index contributed by atoms with van der Waals surface area (Å²) < 4.78 is 5.17. The highest BCUT2D eigenvalue weighted by atomic mass is 35.5. The molecule has 0 spiro atoms. The maximum Gasteiger partial charge on any atom is 0.129 e. The van der Waals surface area contributed by atoms with Crippen molar-refractivity contribution in [3.63, 3.8) is 0 Å². The monoisotopic (exact) mass is 252 g/mol. The Bertz CT molecular complexity index is 605. The van der Waals surface area contributed by atoms with E-state index in [9.17, 15) is 0 Å². The van der Waals surface area contributed by atoms with E-state index in [0.717, 1.165) is 0 Å². The van der Waals surface area contributed by atoms with Crippen molar-refractivity contribution in [2.75, 3.05) is 7.11 Å². The van der Waals surface area contributed by atoms with Gasteiger partial charge >= 0.3 is 0 Å². The minimum absolute atomic E-state index is 0.344. The van der Waals surface area contributed by atoms with Crippen LogP contribution in [0.3, 0.4) is 0 Å². The molecule has 2 rings (SSSR count). The predicted octanol–water partition coefficient (Wildman–Crippen LogP) is 3.42. The SMILES string of the molecule is COc1cc(Cl)c(Cl)c2c(C#N)cncc12. The highest BCUT2D eigenvalue weighted by molar-refractivity contribution is 6.45. The first-order valence-electron chi connectivity index (χ1n) is 4.39. The number of methoxy groups -OCH3 is 1. The zero-order chi connectivity index (χ0) is 11.7. The number of fused-ring (bicyclic) bond motifs is 1. The normalized spacial score (nSPS) is 10.1. The number of halogens is 2. The molecule has 0 saturated heterocycles. The van der Waals surface area contributed by atoms with Crippen LogP contribution in [0.4, 0.5) is 0 Å². The van der Waals surface area contributed by atoms with Gasteiger partial charge in [-0.15, -0.1) is 0 Å². The Kier molecular flexibility index (Phi) is 2.86. The van der Waals surface area contributed by atoms with E-state index in [0.29, 0.717) is 32.1 Å². The Morgan fingerprint density at radius 3 is 2.75 bits per heavy atom. The zero-order valence-electron chi connectivity index (χ0n) is 8.29. The molecule has 16 heavy (non-hydrogen) atoms. The van der Waals surface area contributed by atoms with Crippen LogP contribution in [0, 0.1) is 11.3 Å². The molecule has 0 radical (unpaired) electrons. The van der Waals surface area contributed by atoms with Crippen molar-refractivity contribution < 1.29 is 4.74 Å². The highest BCUT2D eigenvalue weighted by Gasteiger charge is 2.13. The highest BCUT2D eigenvalue weighted by Crippen LogP contribution is 2.38. The van der Waals surface area contributed by atoms with Gasteiger partial charge in [0.1, 0.15) is 11.8 Å². The Morgan fingerprint density at radius 1 is 1.38 bits per heavy atom. The first-order valence-corrected chi connectivity index (χ1v) is 5.14. The molecule has 0 fully saturated rings. The van der Waals surface area contributed by atoms with Gasteiger partial charge in [-0.25, -0.2) is 0 Å². The van der Waals surface area contributed by atoms with Crippen LogP contribution < -0.4 is 4.74 Å². The summed E-state index contributed by atoms with van der Waals surface area (Å²) in [4.78, 5) is 3.96. The zero-order valence-corrected chi connectivity index (χ0v) is 9.80. The Balaban J connectivity index is 3.00. The van der Waals surface area contributed by atoms with Gasteiger partial charge in [-0.05, 0) is 0 Å². The fourth-order valence-corrected chi connectivity index (χ4v) is 1.96. The summed E-state index contributed by atoms with van der Waals surface area (Å²) in [5.74, 6) is 0.550. The van der Waals surface area contributed by atoms with Crippen molar-refractivity contribution in [1.29, 1.82) is 5.26 Å². The minimum atomic E-state index is 0.344. The smallest absolute Gasteiger partial charge is 0.129 e. The molecule has 0 atom stereocenters. The van der Waals surface area contributed by atoms with Crippen molar-refractivity contribution in [2.45, 2.75) is 0 Å². The standard InChI is InChI=1S/C11H6Cl2N2O/c1-16-9-2-8(12)11(13)10-6(3-14)4-15-5-7(9)10/h2,4-5H,1H3. The maximum absolute atomic E-state index is 8.98. The van der Waals surface area contributed by atoms with Gasteiger partial charge in [0.2, 0.25) is 0 Å². The molecule has 1 aromatic heterocycles. The number of hydrogen-bond acceptors (Lipinski definition) is 3. The molecule has 0 amide bonds. The molecule has 1 heterocycles. The average molecular weight is 253 g/mol. The van der Waals surface area contributed by atoms with Crippen LogP contribution in [0.15, 0.2) is 18.5 Å². The van der Waals surface area contributed by atoms with E-state index >= 15 is 0 Å². The Morgan fingerprint density at radius 2 is 2.12 bits per heavy atom. The molecule has 80 valence electrons. The summed E-state index contributed by atoms with van der Waals surface area (Å²) in [6.07, 6.45) is 3.04. The van der Waals surface area contributed by atoms with Crippen LogP contribution in [0.2, 0.25) is 10.0 Å². The van der Waals surface area contributed by atoms with Crippen LogP contribution in [-0.2, 0) is 0 Å². The van der Waals surface area contributed by atoms with Gasteiger partial charge in [-0.3, -0.25) is 4.98 Å². The molecule has 0 aliphatic carbocycles. The summed E-state index contributed by atoms with van der Waals surface area (Å²) in [6.45, 7) is 0. The number of hydrogen-bond donors (Lipinski definition) is 0. The molecule has 0 bridgehead atoms. The first-order chi connectivity index (χ1) is 7.69. The molecular formula is C11H6Cl2N2O. The molecule has 2 aromatic rings. The van der Waals surface area contributed by atoms with Crippen molar-refractivity contribution in [1.82, 2.24) is 4.98 Å². The summed E-state index contributed by atoms with van der Waals surface area (Å²) in [7, 11) is 1.53. The van der Waals surface area contributed by atoms with Crippen LogP contribution in [0.5, 0.6) is 5.75 Å². The number of benzene rings is 1. The van der Waals surface area contributed by atoms with Gasteiger partial charge < -0.3 is 4.74 Å². The van der Waals surface area contributed by atoms with E-state index in [-0.39, 0.29) is 0 Å². The van der Waals surface area contributed by atoms with Crippen molar-refractivity contribution in [3.05, 3.63) is 34.1 Å². The van der Waals surface area contributed by atoms with Gasteiger partial charge in [-0.1, -0.05) is 23.2 Å². The summed E-state index contributed by atoms with van der Waals surface area (Å²) in [6, 6.07) is 3.63. The van der Waals surface area contributed by atoms with Crippen molar-refractivity contribution >= 4 is 34.0 Å². The second-order valence-corrected chi connectivity index (χ2v) is 3.88. The van der Waals surface area contributed by atoms with Gasteiger partial charge in [0.25, 0.3) is 0 Å². The third kappa shape index (κ3) is 1.57. The second-order valence-electron chi connectivity index (χ2n) is 3.10. The molecule has 5 heteroatoms. The van der Waals surface area contributed by atoms with Crippen molar-refractivity contribution in [2.24, 2.45) is 0 Å². The summed E-state index contributed by atoms with van der Waals surface area (Å²) in [5, 5.41) is 10.9. The van der Waals surface area contributed by atoms with Gasteiger partial charge in [-0.2, -0.15) is 5.26 Å². The number of aromatic nitrogens is 1. The number of nitrogens with zero attached hydrogens (tertiary/aromatic N) is 2. The molecule has 0 N–H and O–H groups in total. The summed E-state index contributed by atoms with van der Waals surface area (Å²) in [5.41, 5.74) is 0.378. The van der Waals surface area contributed by atoms with Crippen LogP contribution in [-0.4, -0.2) is 12.1 Å². The van der Waals surface area contributed by atoms with Gasteiger partial charge in [0, 0.05) is 29.2 Å². The predicted molar refractivity (Wildman–Crippen MR) is 63.0 cm³/mol. The first kappa shape index (κ1) is 11.0. The lowest BCUT2D eigenvalue weighted by Crippen LogP contribution is -1.90.